The first kappa shape index (κ1) is 14.8. The van der Waals surface area contributed by atoms with Crippen molar-refractivity contribution in [3.63, 3.8) is 0 Å². The van der Waals surface area contributed by atoms with Gasteiger partial charge in [0.1, 0.15) is 5.75 Å². The van der Waals surface area contributed by atoms with E-state index in [9.17, 15) is 14.4 Å². The number of hydrogen-bond donors (Lipinski definition) is 2. The van der Waals surface area contributed by atoms with E-state index in [2.05, 4.69) is 10.6 Å². The molecule has 0 radical (unpaired) electrons. The summed E-state index contributed by atoms with van der Waals surface area (Å²) in [6, 6.07) is 4.93. The molecule has 0 saturated heterocycles. The minimum atomic E-state index is -0.404. The number of fused-ring (bicyclic) bond motifs is 1. The first-order chi connectivity index (χ1) is 10.1. The fourth-order valence-electron chi connectivity index (χ4n) is 1.83. The van der Waals surface area contributed by atoms with E-state index in [4.69, 9.17) is 9.47 Å². The Hall–Kier alpha value is -2.57. The molecule has 21 heavy (non-hydrogen) atoms. The third-order valence-electron chi connectivity index (χ3n) is 2.76. The van der Waals surface area contributed by atoms with Crippen molar-refractivity contribution in [2.24, 2.45) is 0 Å². The Kier molecular flexibility index (Phi) is 4.76. The van der Waals surface area contributed by atoms with Gasteiger partial charge in [-0.05, 0) is 25.1 Å². The van der Waals surface area contributed by atoms with Gasteiger partial charge in [0.15, 0.2) is 6.61 Å². The SMILES string of the molecule is CCOC(=O)CCC(=O)Nc1ccc2c(c1)NC(=O)CO2. The van der Waals surface area contributed by atoms with Gasteiger partial charge in [-0.1, -0.05) is 0 Å². The van der Waals surface area contributed by atoms with Crippen molar-refractivity contribution in [3.8, 4) is 5.75 Å². The first-order valence-electron chi connectivity index (χ1n) is 6.60. The molecule has 0 fully saturated rings. The number of carbonyl (C=O) groups excluding carboxylic acids is 3. The molecule has 0 unspecified atom stereocenters. The maximum absolute atomic E-state index is 11.7. The molecule has 0 spiro atoms. The third-order valence-corrected chi connectivity index (χ3v) is 2.76. The molecule has 0 aromatic heterocycles. The quantitative estimate of drug-likeness (QED) is 0.798. The van der Waals surface area contributed by atoms with Crippen LogP contribution in [-0.2, 0) is 19.1 Å². The number of nitrogens with one attached hydrogen (secondary N) is 2. The maximum atomic E-state index is 11.7. The fourth-order valence-corrected chi connectivity index (χ4v) is 1.83. The molecule has 1 aromatic rings. The number of carbonyl (C=O) groups is 3. The van der Waals surface area contributed by atoms with Crippen LogP contribution in [0, 0.1) is 0 Å². The van der Waals surface area contributed by atoms with Crippen LogP contribution in [0.2, 0.25) is 0 Å². The summed E-state index contributed by atoms with van der Waals surface area (Å²) in [6.07, 6.45) is 0.0727. The van der Waals surface area contributed by atoms with Crippen molar-refractivity contribution in [2.75, 3.05) is 23.8 Å². The van der Waals surface area contributed by atoms with Crippen LogP contribution >= 0.6 is 0 Å². The summed E-state index contributed by atoms with van der Waals surface area (Å²) < 4.78 is 9.96. The summed E-state index contributed by atoms with van der Waals surface area (Å²) in [5.74, 6) is -0.391. The summed E-state index contributed by atoms with van der Waals surface area (Å²) in [6.45, 7) is 1.99. The molecule has 0 bridgehead atoms. The van der Waals surface area contributed by atoms with Gasteiger partial charge in [0, 0.05) is 12.1 Å². The number of esters is 1. The second-order valence-electron chi connectivity index (χ2n) is 4.40. The molecule has 2 amide bonds. The zero-order chi connectivity index (χ0) is 15.2. The van der Waals surface area contributed by atoms with E-state index in [-0.39, 0.29) is 31.3 Å². The zero-order valence-corrected chi connectivity index (χ0v) is 11.6. The predicted octanol–water partition coefficient (Wildman–Crippen LogP) is 1.30. The normalized spacial score (nSPS) is 12.7. The van der Waals surface area contributed by atoms with Gasteiger partial charge in [-0.25, -0.2) is 0 Å². The smallest absolute Gasteiger partial charge is 0.306 e. The summed E-state index contributed by atoms with van der Waals surface area (Å²) in [7, 11) is 0. The second-order valence-corrected chi connectivity index (χ2v) is 4.40. The van der Waals surface area contributed by atoms with Gasteiger partial charge in [-0.3, -0.25) is 14.4 Å². The Morgan fingerprint density at radius 3 is 2.95 bits per heavy atom. The molecule has 112 valence electrons. The lowest BCUT2D eigenvalue weighted by Gasteiger charge is -2.18. The van der Waals surface area contributed by atoms with E-state index in [0.29, 0.717) is 23.7 Å². The average molecular weight is 292 g/mol. The number of rotatable bonds is 5. The molecule has 7 nitrogen and oxygen atoms in total. The van der Waals surface area contributed by atoms with E-state index in [1.807, 2.05) is 0 Å². The van der Waals surface area contributed by atoms with E-state index in [1.54, 1.807) is 25.1 Å². The van der Waals surface area contributed by atoms with Crippen molar-refractivity contribution >= 4 is 29.2 Å². The molecule has 2 rings (SSSR count). The Morgan fingerprint density at radius 1 is 1.38 bits per heavy atom. The Morgan fingerprint density at radius 2 is 2.19 bits per heavy atom. The molecule has 0 saturated carbocycles. The van der Waals surface area contributed by atoms with Crippen molar-refractivity contribution in [1.82, 2.24) is 0 Å². The number of amides is 2. The third kappa shape index (κ3) is 4.20. The number of ether oxygens (including phenoxy) is 2. The molecule has 7 heteroatoms. The van der Waals surface area contributed by atoms with Crippen LogP contribution in [0.3, 0.4) is 0 Å². The first-order valence-corrected chi connectivity index (χ1v) is 6.60. The van der Waals surface area contributed by atoms with E-state index >= 15 is 0 Å². The van der Waals surface area contributed by atoms with Crippen molar-refractivity contribution in [1.29, 1.82) is 0 Å². The van der Waals surface area contributed by atoms with Gasteiger partial charge in [0.2, 0.25) is 5.91 Å². The van der Waals surface area contributed by atoms with E-state index in [0.717, 1.165) is 0 Å². The minimum absolute atomic E-state index is 0.0156. The number of anilines is 2. The summed E-state index contributed by atoms with van der Waals surface area (Å²) >= 11 is 0. The monoisotopic (exact) mass is 292 g/mol. The van der Waals surface area contributed by atoms with Crippen molar-refractivity contribution in [3.05, 3.63) is 18.2 Å². The van der Waals surface area contributed by atoms with E-state index < -0.39 is 5.97 Å². The molecular weight excluding hydrogens is 276 g/mol. The lowest BCUT2D eigenvalue weighted by molar-refractivity contribution is -0.144. The Bertz CT molecular complexity index is 570. The highest BCUT2D eigenvalue weighted by molar-refractivity contribution is 5.98. The molecule has 1 aliphatic heterocycles. The highest BCUT2D eigenvalue weighted by Crippen LogP contribution is 2.30. The molecule has 2 N–H and O–H groups in total. The van der Waals surface area contributed by atoms with E-state index in [1.165, 1.54) is 0 Å². The second kappa shape index (κ2) is 6.74. The topological polar surface area (TPSA) is 93.7 Å². The molecule has 1 aromatic carbocycles. The standard InChI is InChI=1S/C14H16N2O5/c1-2-20-14(19)6-5-12(17)15-9-3-4-11-10(7-9)16-13(18)8-21-11/h3-4,7H,2,5-6,8H2,1H3,(H,15,17)(H,16,18). The van der Waals surface area contributed by atoms with Gasteiger partial charge in [0.25, 0.3) is 5.91 Å². The van der Waals surface area contributed by atoms with Gasteiger partial charge in [-0.15, -0.1) is 0 Å². The fraction of sp³-hybridized carbons (Fsp3) is 0.357. The van der Waals surface area contributed by atoms with Gasteiger partial charge in [0.05, 0.1) is 18.7 Å². The van der Waals surface area contributed by atoms with Crippen LogP contribution in [0.1, 0.15) is 19.8 Å². The van der Waals surface area contributed by atoms with Crippen molar-refractivity contribution < 1.29 is 23.9 Å². The Labute approximate surface area is 121 Å². The Balaban J connectivity index is 1.91. The van der Waals surface area contributed by atoms with Crippen LogP contribution in [0.5, 0.6) is 5.75 Å². The lowest BCUT2D eigenvalue weighted by Crippen LogP contribution is -2.25. The largest absolute Gasteiger partial charge is 0.482 e. The van der Waals surface area contributed by atoms with Crippen LogP contribution in [0.4, 0.5) is 11.4 Å². The molecule has 1 aliphatic rings. The highest BCUT2D eigenvalue weighted by atomic mass is 16.5. The number of benzene rings is 1. The van der Waals surface area contributed by atoms with Crippen LogP contribution < -0.4 is 15.4 Å². The summed E-state index contributed by atoms with van der Waals surface area (Å²) in [5, 5.41) is 5.30. The maximum Gasteiger partial charge on any atom is 0.306 e. The zero-order valence-electron chi connectivity index (χ0n) is 11.6. The van der Waals surface area contributed by atoms with Gasteiger partial charge < -0.3 is 20.1 Å². The number of hydrogen-bond acceptors (Lipinski definition) is 5. The minimum Gasteiger partial charge on any atom is -0.482 e. The van der Waals surface area contributed by atoms with Crippen LogP contribution in [-0.4, -0.2) is 31.0 Å². The van der Waals surface area contributed by atoms with Crippen LogP contribution in [0.15, 0.2) is 18.2 Å². The lowest BCUT2D eigenvalue weighted by atomic mass is 10.2. The summed E-state index contributed by atoms with van der Waals surface area (Å²) in [4.78, 5) is 34.1. The van der Waals surface area contributed by atoms with Gasteiger partial charge >= 0.3 is 5.97 Å². The highest BCUT2D eigenvalue weighted by Gasteiger charge is 2.16. The van der Waals surface area contributed by atoms with Crippen molar-refractivity contribution in [2.45, 2.75) is 19.8 Å². The average Bonchev–Trinajstić information content (AvgIpc) is 2.45. The van der Waals surface area contributed by atoms with Gasteiger partial charge in [-0.2, -0.15) is 0 Å². The predicted molar refractivity (Wildman–Crippen MR) is 75.1 cm³/mol. The molecule has 0 atom stereocenters. The van der Waals surface area contributed by atoms with Crippen LogP contribution in [0.25, 0.3) is 0 Å². The molecular formula is C14H16N2O5. The molecule has 1 heterocycles. The summed E-state index contributed by atoms with van der Waals surface area (Å²) in [5.41, 5.74) is 1.03. The molecule has 0 aliphatic carbocycles.